The molecule has 0 N–H and O–H groups in total. The molecule has 0 saturated heterocycles. The summed E-state index contributed by atoms with van der Waals surface area (Å²) in [7, 11) is 0. The smallest absolute Gasteiger partial charge is 0.411 e. The van der Waals surface area contributed by atoms with Gasteiger partial charge in [-0.15, -0.1) is 5.92 Å². The Labute approximate surface area is 86.4 Å². The third-order valence-corrected chi connectivity index (χ3v) is 1.48. The molecule has 3 nitrogen and oxygen atoms in total. The van der Waals surface area contributed by atoms with Gasteiger partial charge in [-0.25, -0.2) is 4.79 Å². The van der Waals surface area contributed by atoms with Crippen LogP contribution >= 0.6 is 0 Å². The van der Waals surface area contributed by atoms with Gasteiger partial charge in [0.1, 0.15) is 5.60 Å². The first-order chi connectivity index (χ1) is 6.40. The summed E-state index contributed by atoms with van der Waals surface area (Å²) in [6.45, 7) is 10.3. The molecule has 0 aliphatic rings. The molecule has 0 aromatic rings. The highest BCUT2D eigenvalue weighted by Crippen LogP contribution is 2.09. The lowest BCUT2D eigenvalue weighted by Crippen LogP contribution is -2.36. The quantitative estimate of drug-likeness (QED) is 0.635. The van der Waals surface area contributed by atoms with E-state index in [4.69, 9.17) is 4.74 Å². The van der Waals surface area contributed by atoms with Crippen LogP contribution in [0.25, 0.3) is 0 Å². The molecular weight excluding hydrogens is 178 g/mol. The molecule has 0 fully saturated rings. The summed E-state index contributed by atoms with van der Waals surface area (Å²) in [6.07, 6.45) is -0.303. The normalized spacial score (nSPS) is 10.1. The van der Waals surface area contributed by atoms with Crippen molar-refractivity contribution in [2.45, 2.75) is 40.2 Å². The Morgan fingerprint density at radius 1 is 1.43 bits per heavy atom. The van der Waals surface area contributed by atoms with E-state index < -0.39 is 5.60 Å². The van der Waals surface area contributed by atoms with Crippen LogP contribution in [0.4, 0.5) is 4.79 Å². The van der Waals surface area contributed by atoms with Crippen molar-refractivity contribution in [3.63, 3.8) is 0 Å². The van der Waals surface area contributed by atoms with Crippen LogP contribution in [0.5, 0.6) is 0 Å². The fraction of sp³-hybridized carbons (Fsp3) is 0.727. The summed E-state index contributed by atoms with van der Waals surface area (Å²) >= 11 is 0. The van der Waals surface area contributed by atoms with E-state index in [2.05, 4.69) is 11.8 Å². The monoisotopic (exact) mass is 197 g/mol. The van der Waals surface area contributed by atoms with Gasteiger partial charge in [-0.1, -0.05) is 5.92 Å². The zero-order valence-corrected chi connectivity index (χ0v) is 9.68. The standard InChI is InChI=1S/C11H19NO2/c1-6-8-9-12(7-2)10(13)14-11(3,4)5/h7,9H2,1-5H3. The average molecular weight is 197 g/mol. The molecule has 0 aliphatic heterocycles. The van der Waals surface area contributed by atoms with Crippen LogP contribution in [-0.2, 0) is 4.74 Å². The number of carbonyl (C=O) groups is 1. The molecule has 0 unspecified atom stereocenters. The molecule has 0 radical (unpaired) electrons. The summed E-state index contributed by atoms with van der Waals surface area (Å²) in [5.41, 5.74) is -0.440. The topological polar surface area (TPSA) is 29.5 Å². The molecule has 0 saturated carbocycles. The lowest BCUT2D eigenvalue weighted by Gasteiger charge is -2.25. The Balaban J connectivity index is 4.22. The Bertz CT molecular complexity index is 242. The van der Waals surface area contributed by atoms with Crippen LogP contribution in [0.2, 0.25) is 0 Å². The van der Waals surface area contributed by atoms with Crippen LogP contribution in [0.1, 0.15) is 34.6 Å². The van der Waals surface area contributed by atoms with E-state index >= 15 is 0 Å². The fourth-order valence-electron chi connectivity index (χ4n) is 0.806. The van der Waals surface area contributed by atoms with Crippen LogP contribution in [0.3, 0.4) is 0 Å². The van der Waals surface area contributed by atoms with Gasteiger partial charge in [0.15, 0.2) is 0 Å². The first-order valence-electron chi connectivity index (χ1n) is 4.78. The third kappa shape index (κ3) is 5.47. The van der Waals surface area contributed by atoms with Gasteiger partial charge in [0.05, 0.1) is 6.54 Å². The van der Waals surface area contributed by atoms with Crippen molar-refractivity contribution in [2.24, 2.45) is 0 Å². The summed E-state index contributed by atoms with van der Waals surface area (Å²) in [6, 6.07) is 0. The molecule has 0 heterocycles. The third-order valence-electron chi connectivity index (χ3n) is 1.48. The van der Waals surface area contributed by atoms with Gasteiger partial charge >= 0.3 is 6.09 Å². The molecule has 80 valence electrons. The molecule has 0 aromatic heterocycles. The maximum Gasteiger partial charge on any atom is 0.411 e. The number of carbonyl (C=O) groups excluding carboxylic acids is 1. The Morgan fingerprint density at radius 3 is 2.36 bits per heavy atom. The van der Waals surface area contributed by atoms with Crippen LogP contribution in [0.15, 0.2) is 0 Å². The van der Waals surface area contributed by atoms with Gasteiger partial charge in [-0.3, -0.25) is 4.90 Å². The van der Waals surface area contributed by atoms with Gasteiger partial charge in [0.2, 0.25) is 0 Å². The first-order valence-corrected chi connectivity index (χ1v) is 4.78. The van der Waals surface area contributed by atoms with E-state index in [0.29, 0.717) is 13.1 Å². The van der Waals surface area contributed by atoms with Gasteiger partial charge in [0.25, 0.3) is 0 Å². The second-order valence-electron chi connectivity index (χ2n) is 3.92. The predicted octanol–water partition coefficient (Wildman–Crippen LogP) is 2.27. The minimum atomic E-state index is -0.440. The zero-order chi connectivity index (χ0) is 11.2. The van der Waals surface area contributed by atoms with E-state index in [1.165, 1.54) is 0 Å². The Hall–Kier alpha value is -1.17. The molecule has 1 amide bonds. The van der Waals surface area contributed by atoms with Crippen molar-refractivity contribution in [1.82, 2.24) is 4.90 Å². The summed E-state index contributed by atoms with van der Waals surface area (Å²) < 4.78 is 5.21. The number of ether oxygens (including phenoxy) is 1. The van der Waals surface area contributed by atoms with Gasteiger partial charge in [0, 0.05) is 6.54 Å². The lowest BCUT2D eigenvalue weighted by molar-refractivity contribution is 0.0285. The average Bonchev–Trinajstić information content (AvgIpc) is 2.02. The van der Waals surface area contributed by atoms with E-state index in [-0.39, 0.29) is 6.09 Å². The molecule has 0 atom stereocenters. The summed E-state index contributed by atoms with van der Waals surface area (Å²) in [4.78, 5) is 13.1. The minimum Gasteiger partial charge on any atom is -0.444 e. The van der Waals surface area contributed by atoms with Gasteiger partial charge in [-0.05, 0) is 34.6 Å². The Kier molecular flexibility index (Phi) is 5.07. The van der Waals surface area contributed by atoms with E-state index in [1.807, 2.05) is 27.7 Å². The van der Waals surface area contributed by atoms with Crippen molar-refractivity contribution < 1.29 is 9.53 Å². The zero-order valence-electron chi connectivity index (χ0n) is 9.68. The number of hydrogen-bond donors (Lipinski definition) is 0. The molecule has 3 heteroatoms. The summed E-state index contributed by atoms with van der Waals surface area (Å²) in [5.74, 6) is 5.59. The number of rotatable bonds is 2. The number of amides is 1. The van der Waals surface area contributed by atoms with Crippen LogP contribution < -0.4 is 0 Å². The second kappa shape index (κ2) is 5.54. The molecule has 0 aromatic carbocycles. The van der Waals surface area contributed by atoms with E-state index in [9.17, 15) is 4.79 Å². The lowest BCUT2D eigenvalue weighted by atomic mass is 10.2. The fourth-order valence-corrected chi connectivity index (χ4v) is 0.806. The second-order valence-corrected chi connectivity index (χ2v) is 3.92. The molecule has 0 aliphatic carbocycles. The maximum atomic E-state index is 11.5. The van der Waals surface area contributed by atoms with E-state index in [1.54, 1.807) is 11.8 Å². The highest BCUT2D eigenvalue weighted by molar-refractivity contribution is 5.68. The maximum absolute atomic E-state index is 11.5. The van der Waals surface area contributed by atoms with Crippen molar-refractivity contribution in [3.8, 4) is 11.8 Å². The molecule has 0 bridgehead atoms. The van der Waals surface area contributed by atoms with Gasteiger partial charge in [-0.2, -0.15) is 0 Å². The SMILES string of the molecule is CC#CCN(CC)C(=O)OC(C)(C)C. The van der Waals surface area contributed by atoms with Crippen molar-refractivity contribution in [3.05, 3.63) is 0 Å². The van der Waals surface area contributed by atoms with Gasteiger partial charge < -0.3 is 4.74 Å². The van der Waals surface area contributed by atoms with Crippen molar-refractivity contribution >= 4 is 6.09 Å². The number of nitrogens with zero attached hydrogens (tertiary/aromatic N) is 1. The minimum absolute atomic E-state index is 0.303. The first kappa shape index (κ1) is 12.8. The molecule has 0 spiro atoms. The highest BCUT2D eigenvalue weighted by Gasteiger charge is 2.20. The summed E-state index contributed by atoms with van der Waals surface area (Å²) in [5, 5.41) is 0. The van der Waals surface area contributed by atoms with Crippen LogP contribution in [0, 0.1) is 11.8 Å². The Morgan fingerprint density at radius 2 is 2.00 bits per heavy atom. The molecule has 14 heavy (non-hydrogen) atoms. The predicted molar refractivity (Wildman–Crippen MR) is 56.9 cm³/mol. The molecule has 0 rings (SSSR count). The largest absolute Gasteiger partial charge is 0.444 e. The van der Waals surface area contributed by atoms with E-state index in [0.717, 1.165) is 0 Å². The highest BCUT2D eigenvalue weighted by atomic mass is 16.6. The van der Waals surface area contributed by atoms with Crippen LogP contribution in [-0.4, -0.2) is 29.7 Å². The van der Waals surface area contributed by atoms with Crippen molar-refractivity contribution in [1.29, 1.82) is 0 Å². The number of hydrogen-bond acceptors (Lipinski definition) is 2. The van der Waals surface area contributed by atoms with Crippen molar-refractivity contribution in [2.75, 3.05) is 13.1 Å². The molecular formula is C11H19NO2.